The van der Waals surface area contributed by atoms with E-state index in [2.05, 4.69) is 20.1 Å². The monoisotopic (exact) mass is 631 g/mol. The lowest BCUT2D eigenvalue weighted by molar-refractivity contribution is -0.144. The Hall–Kier alpha value is -3.56. The fraction of sp³-hybridized carbons (Fsp3) is 0.472. The lowest BCUT2D eigenvalue weighted by Gasteiger charge is -2.41. The smallest absolute Gasteiger partial charge is 0.251 e. The van der Waals surface area contributed by atoms with Gasteiger partial charge in [0.2, 0.25) is 11.8 Å². The van der Waals surface area contributed by atoms with Crippen LogP contribution in [0.5, 0.6) is 5.75 Å². The molecule has 2 aromatic carbocycles. The van der Waals surface area contributed by atoms with Gasteiger partial charge >= 0.3 is 0 Å². The number of likely N-dealkylation sites (tertiary alicyclic amines) is 1. The van der Waals surface area contributed by atoms with E-state index in [4.69, 9.17) is 4.74 Å². The SMILES string of the molecule is C=CCN(Cc1ccccc1)C(=O)[C@@H]1[C@H]2C(=O)N(CCCCCO)C(C(=O)N(CC=C)c3ccc(OC)cc3)C23S[C@@H]1CC3C. The van der Waals surface area contributed by atoms with E-state index in [9.17, 15) is 19.5 Å². The first-order valence-corrected chi connectivity index (χ1v) is 16.8. The van der Waals surface area contributed by atoms with Crippen LogP contribution >= 0.6 is 11.8 Å². The van der Waals surface area contributed by atoms with E-state index in [1.165, 1.54) is 0 Å². The van der Waals surface area contributed by atoms with Crippen LogP contribution in [0.15, 0.2) is 79.9 Å². The van der Waals surface area contributed by atoms with Gasteiger partial charge in [0.1, 0.15) is 11.8 Å². The fourth-order valence-corrected chi connectivity index (χ4v) is 10.1. The third kappa shape index (κ3) is 6.04. The number of thioether (sulfide) groups is 1. The topological polar surface area (TPSA) is 90.4 Å². The van der Waals surface area contributed by atoms with Gasteiger partial charge in [0.15, 0.2) is 0 Å². The molecule has 3 unspecified atom stereocenters. The molecule has 3 heterocycles. The van der Waals surface area contributed by atoms with Crippen molar-refractivity contribution in [3.05, 3.63) is 85.5 Å². The van der Waals surface area contributed by atoms with Crippen LogP contribution in [0.4, 0.5) is 5.69 Å². The van der Waals surface area contributed by atoms with Crippen molar-refractivity contribution in [2.24, 2.45) is 17.8 Å². The average molecular weight is 632 g/mol. The van der Waals surface area contributed by atoms with Gasteiger partial charge in [0, 0.05) is 43.7 Å². The number of anilines is 1. The van der Waals surface area contributed by atoms with E-state index in [1.807, 2.05) is 59.5 Å². The molecule has 3 saturated heterocycles. The number of hydrogen-bond donors (Lipinski definition) is 1. The minimum Gasteiger partial charge on any atom is -0.497 e. The van der Waals surface area contributed by atoms with Gasteiger partial charge < -0.3 is 24.5 Å². The van der Waals surface area contributed by atoms with E-state index in [0.29, 0.717) is 43.9 Å². The molecule has 0 aromatic heterocycles. The van der Waals surface area contributed by atoms with E-state index in [1.54, 1.807) is 40.8 Å². The summed E-state index contributed by atoms with van der Waals surface area (Å²) in [6.45, 7) is 11.5. The molecule has 240 valence electrons. The first kappa shape index (κ1) is 32.8. The van der Waals surface area contributed by atoms with Gasteiger partial charge in [0.25, 0.3) is 5.91 Å². The van der Waals surface area contributed by atoms with Crippen molar-refractivity contribution < 1.29 is 24.2 Å². The molecule has 8 nitrogen and oxygen atoms in total. The number of aliphatic hydroxyl groups excluding tert-OH is 1. The number of hydrogen-bond acceptors (Lipinski definition) is 6. The second kappa shape index (κ2) is 14.3. The van der Waals surface area contributed by atoms with Crippen LogP contribution in [0.25, 0.3) is 0 Å². The molecule has 3 amide bonds. The number of amides is 3. The van der Waals surface area contributed by atoms with Crippen molar-refractivity contribution >= 4 is 35.2 Å². The van der Waals surface area contributed by atoms with Crippen LogP contribution in [0.1, 0.15) is 38.2 Å². The molecule has 0 saturated carbocycles. The number of carbonyl (C=O) groups is 3. The minimum atomic E-state index is -0.728. The Kier molecular flexibility index (Phi) is 10.4. The number of methoxy groups -OCH3 is 1. The highest BCUT2D eigenvalue weighted by atomic mass is 32.2. The lowest BCUT2D eigenvalue weighted by atomic mass is 9.65. The maximum absolute atomic E-state index is 14.9. The molecule has 6 atom stereocenters. The van der Waals surface area contributed by atoms with Gasteiger partial charge in [-0.25, -0.2) is 0 Å². The number of fused-ring (bicyclic) bond motifs is 1. The summed E-state index contributed by atoms with van der Waals surface area (Å²) in [5.74, 6) is -0.680. The summed E-state index contributed by atoms with van der Waals surface area (Å²) in [6.07, 6.45) is 6.24. The molecule has 45 heavy (non-hydrogen) atoms. The number of nitrogens with zero attached hydrogens (tertiary/aromatic N) is 3. The molecule has 1 N–H and O–H groups in total. The van der Waals surface area contributed by atoms with Crippen LogP contribution in [0.3, 0.4) is 0 Å². The largest absolute Gasteiger partial charge is 0.497 e. The van der Waals surface area contributed by atoms with Crippen LogP contribution < -0.4 is 9.64 Å². The predicted molar refractivity (Wildman–Crippen MR) is 179 cm³/mol. The summed E-state index contributed by atoms with van der Waals surface area (Å²) in [5.41, 5.74) is 1.72. The third-order valence-corrected chi connectivity index (χ3v) is 11.7. The second-order valence-electron chi connectivity index (χ2n) is 12.3. The van der Waals surface area contributed by atoms with Gasteiger partial charge in [-0.1, -0.05) is 49.4 Å². The van der Waals surface area contributed by atoms with Crippen molar-refractivity contribution in [3.8, 4) is 5.75 Å². The van der Waals surface area contributed by atoms with Gasteiger partial charge in [0.05, 0.1) is 23.7 Å². The zero-order valence-corrected chi connectivity index (χ0v) is 27.2. The summed E-state index contributed by atoms with van der Waals surface area (Å²) < 4.78 is 4.62. The molecule has 2 bridgehead atoms. The molecule has 3 fully saturated rings. The zero-order valence-electron chi connectivity index (χ0n) is 26.3. The number of aliphatic hydroxyl groups is 1. The lowest BCUT2D eigenvalue weighted by Crippen LogP contribution is -2.57. The quantitative estimate of drug-likeness (QED) is 0.222. The molecule has 3 aliphatic rings. The first-order chi connectivity index (χ1) is 21.8. The Morgan fingerprint density at radius 1 is 1.04 bits per heavy atom. The van der Waals surface area contributed by atoms with E-state index >= 15 is 0 Å². The van der Waals surface area contributed by atoms with Crippen molar-refractivity contribution in [1.29, 1.82) is 0 Å². The van der Waals surface area contributed by atoms with Gasteiger partial charge in [-0.05, 0) is 61.4 Å². The van der Waals surface area contributed by atoms with Crippen molar-refractivity contribution in [2.75, 3.05) is 38.3 Å². The van der Waals surface area contributed by atoms with Crippen molar-refractivity contribution in [1.82, 2.24) is 9.80 Å². The number of rotatable bonds is 15. The molecule has 0 aliphatic carbocycles. The molecule has 1 spiro atoms. The predicted octanol–water partition coefficient (Wildman–Crippen LogP) is 4.93. The second-order valence-corrected chi connectivity index (χ2v) is 13.8. The van der Waals surface area contributed by atoms with Crippen molar-refractivity contribution in [3.63, 3.8) is 0 Å². The first-order valence-electron chi connectivity index (χ1n) is 15.9. The molecule has 0 radical (unpaired) electrons. The van der Waals surface area contributed by atoms with E-state index in [-0.39, 0.29) is 42.0 Å². The Morgan fingerprint density at radius 2 is 1.76 bits per heavy atom. The number of unbranched alkanes of at least 4 members (excludes halogenated alkanes) is 2. The molecular formula is C36H45N3O5S. The van der Waals surface area contributed by atoms with Crippen LogP contribution in [-0.2, 0) is 20.9 Å². The summed E-state index contributed by atoms with van der Waals surface area (Å²) in [6, 6.07) is 16.5. The van der Waals surface area contributed by atoms with E-state index < -0.39 is 22.6 Å². The number of ether oxygens (including phenoxy) is 1. The Balaban J connectivity index is 1.53. The normalized spacial score (nSPS) is 26.4. The van der Waals surface area contributed by atoms with Gasteiger partial charge in [-0.2, -0.15) is 0 Å². The highest BCUT2D eigenvalue weighted by Gasteiger charge is 2.76. The highest BCUT2D eigenvalue weighted by Crippen LogP contribution is 2.69. The Morgan fingerprint density at radius 3 is 2.40 bits per heavy atom. The summed E-state index contributed by atoms with van der Waals surface area (Å²) in [4.78, 5) is 49.2. The molecular weight excluding hydrogens is 586 g/mol. The Bertz CT molecular complexity index is 1380. The van der Waals surface area contributed by atoms with Crippen LogP contribution in [0.2, 0.25) is 0 Å². The minimum absolute atomic E-state index is 0.0465. The average Bonchev–Trinajstić information content (AvgIpc) is 3.65. The maximum Gasteiger partial charge on any atom is 0.251 e. The third-order valence-electron chi connectivity index (χ3n) is 9.66. The van der Waals surface area contributed by atoms with Crippen LogP contribution in [-0.4, -0.2) is 82.0 Å². The van der Waals surface area contributed by atoms with Gasteiger partial charge in [-0.15, -0.1) is 24.9 Å². The Labute approximate surface area is 271 Å². The fourth-order valence-electron chi connectivity index (χ4n) is 7.66. The number of carbonyl (C=O) groups excluding carboxylic acids is 3. The summed E-state index contributed by atoms with van der Waals surface area (Å²) in [7, 11) is 1.60. The number of benzene rings is 2. The zero-order chi connectivity index (χ0) is 32.1. The molecule has 5 rings (SSSR count). The van der Waals surface area contributed by atoms with E-state index in [0.717, 1.165) is 18.4 Å². The molecule has 9 heteroatoms. The summed E-state index contributed by atoms with van der Waals surface area (Å²) in [5, 5.41) is 9.33. The summed E-state index contributed by atoms with van der Waals surface area (Å²) >= 11 is 1.69. The van der Waals surface area contributed by atoms with Crippen molar-refractivity contribution in [2.45, 2.75) is 55.2 Å². The maximum atomic E-state index is 14.9. The molecule has 3 aliphatic heterocycles. The van der Waals surface area contributed by atoms with Crippen LogP contribution in [0, 0.1) is 17.8 Å². The van der Waals surface area contributed by atoms with Gasteiger partial charge in [-0.3, -0.25) is 14.4 Å². The molecule has 2 aromatic rings. The highest BCUT2D eigenvalue weighted by molar-refractivity contribution is 8.02. The standard InChI is InChI=1S/C36H45N3O5S/c1-5-19-37(24-26-13-9-7-10-14-26)33(41)30-29-23-25(3)36(45-29)31(30)34(42)39(21-11-8-12-22-40)32(36)35(43)38(20-6-2)27-15-17-28(44-4)18-16-27/h5-7,9-10,13-18,25,29-32,40H,1-2,8,11-12,19-24H2,3-4H3/t25?,29-,30+,31+,32?,36?/m1/s1.